The Hall–Kier alpha value is -1.50. The summed E-state index contributed by atoms with van der Waals surface area (Å²) in [5.74, 6) is 0.0206. The number of hydrogen-bond acceptors (Lipinski definition) is 2. The predicted octanol–water partition coefficient (Wildman–Crippen LogP) is 4.05. The van der Waals surface area contributed by atoms with Crippen molar-refractivity contribution in [2.45, 2.75) is 0 Å². The van der Waals surface area contributed by atoms with Crippen LogP contribution >= 0.6 is 20.7 Å². The van der Waals surface area contributed by atoms with Crippen LogP contribution in [0.4, 0.5) is 0 Å². The maximum Gasteiger partial charge on any atom is 0.193 e. The van der Waals surface area contributed by atoms with Gasteiger partial charge in [0.2, 0.25) is 0 Å². The minimum absolute atomic E-state index is 0.0206. The summed E-state index contributed by atoms with van der Waals surface area (Å²) in [5.41, 5.74) is 1.35. The maximum absolute atomic E-state index is 11.9. The number of halogens is 1. The van der Waals surface area contributed by atoms with Crippen LogP contribution in [0.3, 0.4) is 0 Å². The number of carbonyl (C=O) groups excluding carboxylic acids is 1. The topological polar surface area (TPSA) is 34.1 Å². The highest BCUT2D eigenvalue weighted by Gasteiger charge is 2.07. The summed E-state index contributed by atoms with van der Waals surface area (Å²) >= 11 is 5.75. The molecule has 0 unspecified atom stereocenters. The molecule has 0 heterocycles. The summed E-state index contributed by atoms with van der Waals surface area (Å²) in [6, 6.07) is 16.1. The fourth-order valence-electron chi connectivity index (χ4n) is 1.36. The standard InChI is InChI=1S/C13H9ClO.HOP/c14-12-8-6-11(7-9-12)13(15)10-4-2-1-3-5-10;1-2/h1-9H;2H. The van der Waals surface area contributed by atoms with E-state index in [0.29, 0.717) is 16.1 Å². The van der Waals surface area contributed by atoms with Crippen LogP contribution in [0.1, 0.15) is 15.9 Å². The molecule has 0 aliphatic carbocycles. The summed E-state index contributed by atoms with van der Waals surface area (Å²) in [7, 11) is 1.72. The van der Waals surface area contributed by atoms with Crippen molar-refractivity contribution in [3.8, 4) is 0 Å². The number of benzene rings is 2. The Morgan fingerprint density at radius 3 is 1.82 bits per heavy atom. The first-order valence-corrected chi connectivity index (χ1v) is 5.62. The van der Waals surface area contributed by atoms with E-state index in [1.54, 1.807) is 45.5 Å². The molecular weight excluding hydrogens is 255 g/mol. The molecule has 2 rings (SSSR count). The van der Waals surface area contributed by atoms with Gasteiger partial charge in [-0.3, -0.25) is 9.36 Å². The van der Waals surface area contributed by atoms with E-state index in [0.717, 1.165) is 0 Å². The maximum atomic E-state index is 11.9. The first kappa shape index (κ1) is 13.6. The van der Waals surface area contributed by atoms with Crippen molar-refractivity contribution in [1.82, 2.24) is 0 Å². The van der Waals surface area contributed by atoms with Gasteiger partial charge in [0.05, 0.1) is 0 Å². The van der Waals surface area contributed by atoms with Gasteiger partial charge in [0.1, 0.15) is 9.12 Å². The van der Waals surface area contributed by atoms with E-state index >= 15 is 0 Å². The minimum Gasteiger partial charge on any atom is -0.289 e. The molecule has 17 heavy (non-hydrogen) atoms. The molecular formula is C13H10ClO2P. The fraction of sp³-hybridized carbons (Fsp3) is 0. The Morgan fingerprint density at radius 1 is 0.824 bits per heavy atom. The lowest BCUT2D eigenvalue weighted by Crippen LogP contribution is -1.99. The lowest BCUT2D eigenvalue weighted by atomic mass is 10.0. The van der Waals surface area contributed by atoms with E-state index in [1.165, 1.54) is 0 Å². The van der Waals surface area contributed by atoms with Gasteiger partial charge in [-0.25, -0.2) is 0 Å². The van der Waals surface area contributed by atoms with E-state index in [-0.39, 0.29) is 5.78 Å². The summed E-state index contributed by atoms with van der Waals surface area (Å²) in [6.07, 6.45) is 0. The molecule has 2 nitrogen and oxygen atoms in total. The van der Waals surface area contributed by atoms with Gasteiger partial charge in [-0.2, -0.15) is 0 Å². The molecule has 0 aliphatic rings. The molecule has 0 radical (unpaired) electrons. The Morgan fingerprint density at radius 2 is 1.29 bits per heavy atom. The molecule has 0 N–H and O–H groups in total. The Bertz CT molecular complexity index is 483. The van der Waals surface area contributed by atoms with Gasteiger partial charge in [-0.1, -0.05) is 41.9 Å². The quantitative estimate of drug-likeness (QED) is 0.606. The van der Waals surface area contributed by atoms with E-state index in [2.05, 4.69) is 0 Å². The highest BCUT2D eigenvalue weighted by Crippen LogP contribution is 2.13. The van der Waals surface area contributed by atoms with Crippen molar-refractivity contribution in [3.63, 3.8) is 0 Å². The highest BCUT2D eigenvalue weighted by molar-refractivity contribution is 7.00. The summed E-state index contributed by atoms with van der Waals surface area (Å²) in [5, 5.41) is 0.639. The summed E-state index contributed by atoms with van der Waals surface area (Å²) < 4.78 is 8.06. The van der Waals surface area contributed by atoms with Crippen molar-refractivity contribution < 1.29 is 9.36 Å². The summed E-state index contributed by atoms with van der Waals surface area (Å²) in [4.78, 5) is 11.9. The van der Waals surface area contributed by atoms with Crippen LogP contribution in [0.15, 0.2) is 54.6 Å². The number of ketones is 1. The molecule has 0 spiro atoms. The lowest BCUT2D eigenvalue weighted by Gasteiger charge is -2.00. The SMILES string of the molecule is O=C(c1ccccc1)c1ccc(Cl)cc1.O=P. The molecule has 0 saturated heterocycles. The molecule has 2 aromatic carbocycles. The van der Waals surface area contributed by atoms with Gasteiger partial charge in [0.25, 0.3) is 0 Å². The van der Waals surface area contributed by atoms with Gasteiger partial charge in [0, 0.05) is 16.1 Å². The van der Waals surface area contributed by atoms with E-state index in [9.17, 15) is 4.79 Å². The third kappa shape index (κ3) is 3.77. The zero-order valence-corrected chi connectivity index (χ0v) is 10.6. The number of rotatable bonds is 2. The Balaban J connectivity index is 0.000000686. The first-order chi connectivity index (χ1) is 8.27. The van der Waals surface area contributed by atoms with Gasteiger partial charge in [-0.15, -0.1) is 0 Å². The Kier molecular flexibility index (Phi) is 5.55. The monoisotopic (exact) mass is 264 g/mol. The van der Waals surface area contributed by atoms with Crippen LogP contribution in [0, 0.1) is 0 Å². The van der Waals surface area contributed by atoms with Crippen LogP contribution in [0.25, 0.3) is 0 Å². The van der Waals surface area contributed by atoms with Gasteiger partial charge >= 0.3 is 0 Å². The first-order valence-electron chi connectivity index (χ1n) is 4.83. The normalized spacial score (nSPS) is 9.00. The molecule has 4 heteroatoms. The van der Waals surface area contributed by atoms with E-state index < -0.39 is 0 Å². The second kappa shape index (κ2) is 6.95. The molecule has 0 bridgehead atoms. The fourth-order valence-corrected chi connectivity index (χ4v) is 1.48. The van der Waals surface area contributed by atoms with Crippen LogP contribution in [0.2, 0.25) is 5.02 Å². The molecule has 0 aliphatic heterocycles. The van der Waals surface area contributed by atoms with E-state index in [1.807, 2.05) is 18.2 Å². The lowest BCUT2D eigenvalue weighted by molar-refractivity contribution is 0.103. The smallest absolute Gasteiger partial charge is 0.193 e. The molecule has 0 saturated carbocycles. The van der Waals surface area contributed by atoms with Gasteiger partial charge in [-0.05, 0) is 24.3 Å². The number of carbonyl (C=O) groups is 1. The van der Waals surface area contributed by atoms with Gasteiger partial charge < -0.3 is 0 Å². The van der Waals surface area contributed by atoms with E-state index in [4.69, 9.17) is 16.2 Å². The van der Waals surface area contributed by atoms with Crippen LogP contribution in [-0.2, 0) is 4.57 Å². The molecule has 0 amide bonds. The van der Waals surface area contributed by atoms with Gasteiger partial charge in [0.15, 0.2) is 5.78 Å². The minimum atomic E-state index is 0.0206. The van der Waals surface area contributed by atoms with Crippen molar-refractivity contribution in [2.75, 3.05) is 0 Å². The molecule has 2 aromatic rings. The largest absolute Gasteiger partial charge is 0.289 e. The molecule has 0 aromatic heterocycles. The third-order valence-electron chi connectivity index (χ3n) is 2.14. The van der Waals surface area contributed by atoms with Crippen molar-refractivity contribution in [3.05, 3.63) is 70.7 Å². The van der Waals surface area contributed by atoms with Crippen molar-refractivity contribution >= 4 is 26.5 Å². The molecule has 0 atom stereocenters. The van der Waals surface area contributed by atoms with Crippen molar-refractivity contribution in [2.24, 2.45) is 0 Å². The predicted molar refractivity (Wildman–Crippen MR) is 70.3 cm³/mol. The third-order valence-corrected chi connectivity index (χ3v) is 2.39. The Labute approximate surface area is 107 Å². The molecule has 0 fully saturated rings. The zero-order chi connectivity index (χ0) is 12.7. The summed E-state index contributed by atoms with van der Waals surface area (Å²) in [6.45, 7) is 0. The second-order valence-electron chi connectivity index (χ2n) is 3.20. The van der Waals surface area contributed by atoms with Crippen LogP contribution in [-0.4, -0.2) is 5.78 Å². The van der Waals surface area contributed by atoms with Crippen LogP contribution < -0.4 is 0 Å². The average molecular weight is 265 g/mol. The van der Waals surface area contributed by atoms with Crippen LogP contribution in [0.5, 0.6) is 0 Å². The second-order valence-corrected chi connectivity index (χ2v) is 3.64. The number of hydrogen-bond donors (Lipinski definition) is 0. The zero-order valence-electron chi connectivity index (χ0n) is 8.89. The highest BCUT2D eigenvalue weighted by atomic mass is 35.5. The van der Waals surface area contributed by atoms with Crippen molar-refractivity contribution in [1.29, 1.82) is 0 Å². The molecule has 86 valence electrons. The average Bonchev–Trinajstić information content (AvgIpc) is 2.42.